The summed E-state index contributed by atoms with van der Waals surface area (Å²) in [4.78, 5) is 10.2. The van der Waals surface area contributed by atoms with Gasteiger partial charge in [-0.25, -0.2) is 0 Å². The Morgan fingerprint density at radius 3 is 1.31 bits per heavy atom. The van der Waals surface area contributed by atoms with E-state index in [1.807, 2.05) is 0 Å². The van der Waals surface area contributed by atoms with Crippen molar-refractivity contribution in [2.75, 3.05) is 0 Å². The summed E-state index contributed by atoms with van der Waals surface area (Å²) in [5.41, 5.74) is 0. The highest BCUT2D eigenvalue weighted by Gasteiger charge is 2.12. The van der Waals surface area contributed by atoms with E-state index in [1.165, 1.54) is 135 Å². The van der Waals surface area contributed by atoms with Gasteiger partial charge in [-0.2, -0.15) is 0 Å². The van der Waals surface area contributed by atoms with Crippen LogP contribution in [0.2, 0.25) is 0 Å². The lowest BCUT2D eigenvalue weighted by molar-refractivity contribution is -0.107. The van der Waals surface area contributed by atoms with Gasteiger partial charge in [-0.05, 0) is 12.3 Å². The van der Waals surface area contributed by atoms with E-state index in [0.29, 0.717) is 0 Å². The van der Waals surface area contributed by atoms with Gasteiger partial charge in [-0.3, -0.25) is 0 Å². The molecule has 0 radical (unpaired) electrons. The molecule has 1 aliphatic carbocycles. The molecule has 0 bridgehead atoms. The van der Waals surface area contributed by atoms with Crippen LogP contribution in [-0.2, 0) is 4.79 Å². The summed E-state index contributed by atoms with van der Waals surface area (Å²) in [6, 6.07) is 0. The van der Waals surface area contributed by atoms with Crippen molar-refractivity contribution in [2.24, 2.45) is 5.92 Å². The Hall–Kier alpha value is -0.330. The van der Waals surface area contributed by atoms with E-state index in [4.69, 9.17) is 0 Å². The first-order valence-electron chi connectivity index (χ1n) is 12.4. The Balaban J connectivity index is 1.65. The lowest BCUT2D eigenvalue weighted by atomic mass is 9.85. The minimum Gasteiger partial charge on any atom is -0.303 e. The largest absolute Gasteiger partial charge is 0.303 e. The zero-order valence-corrected chi connectivity index (χ0v) is 17.8. The van der Waals surface area contributed by atoms with Gasteiger partial charge < -0.3 is 4.79 Å². The second-order valence-electron chi connectivity index (χ2n) is 8.90. The first-order valence-corrected chi connectivity index (χ1v) is 12.4. The van der Waals surface area contributed by atoms with Crippen molar-refractivity contribution in [2.45, 2.75) is 148 Å². The van der Waals surface area contributed by atoms with Crippen LogP contribution in [0.25, 0.3) is 0 Å². The number of unbranched alkanes of at least 4 members (excludes halogenated alkanes) is 16. The first-order chi connectivity index (χ1) is 12.9. The van der Waals surface area contributed by atoms with E-state index < -0.39 is 0 Å². The van der Waals surface area contributed by atoms with Crippen LogP contribution < -0.4 is 0 Å². The molecule has 1 aliphatic rings. The van der Waals surface area contributed by atoms with Gasteiger partial charge in [0.05, 0.1) is 0 Å². The van der Waals surface area contributed by atoms with Crippen LogP contribution in [-0.4, -0.2) is 6.29 Å². The van der Waals surface area contributed by atoms with Crippen molar-refractivity contribution in [1.82, 2.24) is 0 Å². The molecule has 1 nitrogen and oxygen atoms in total. The van der Waals surface area contributed by atoms with Crippen molar-refractivity contribution in [3.05, 3.63) is 0 Å². The molecule has 0 unspecified atom stereocenters. The minimum absolute atomic E-state index is 0.764. The third kappa shape index (κ3) is 15.9. The van der Waals surface area contributed by atoms with Crippen LogP contribution in [0.4, 0.5) is 0 Å². The lowest BCUT2D eigenvalue weighted by Crippen LogP contribution is -2.05. The summed E-state index contributed by atoms with van der Waals surface area (Å²) in [6.45, 7) is 0. The van der Waals surface area contributed by atoms with E-state index in [1.54, 1.807) is 0 Å². The second-order valence-corrected chi connectivity index (χ2v) is 8.90. The van der Waals surface area contributed by atoms with Crippen LogP contribution in [0, 0.1) is 5.92 Å². The quantitative estimate of drug-likeness (QED) is 0.165. The summed E-state index contributed by atoms with van der Waals surface area (Å²) in [5.74, 6) is 1.09. The van der Waals surface area contributed by atoms with Gasteiger partial charge in [0.1, 0.15) is 6.29 Å². The smallest absolute Gasteiger partial charge is 0.119 e. The van der Waals surface area contributed by atoms with Gasteiger partial charge >= 0.3 is 0 Å². The van der Waals surface area contributed by atoms with E-state index >= 15 is 0 Å². The summed E-state index contributed by atoms with van der Waals surface area (Å²) in [5, 5.41) is 0. The van der Waals surface area contributed by atoms with Crippen molar-refractivity contribution < 1.29 is 4.79 Å². The van der Waals surface area contributed by atoms with Crippen molar-refractivity contribution in [3.63, 3.8) is 0 Å². The zero-order chi connectivity index (χ0) is 18.5. The van der Waals surface area contributed by atoms with Gasteiger partial charge in [0.15, 0.2) is 0 Å². The number of rotatable bonds is 19. The van der Waals surface area contributed by atoms with Crippen LogP contribution >= 0.6 is 0 Å². The standard InChI is InChI=1S/C25H48O/c26-24-20-15-13-11-9-7-5-3-1-2-4-6-8-10-12-14-17-21-25-22-18-16-19-23-25/h24-25H,1-23H2. The zero-order valence-electron chi connectivity index (χ0n) is 17.8. The van der Waals surface area contributed by atoms with E-state index in [2.05, 4.69) is 0 Å². The molecule has 1 fully saturated rings. The Bertz CT molecular complexity index is 280. The first kappa shape index (κ1) is 23.7. The molecule has 0 spiro atoms. The molecule has 1 heteroatoms. The number of aldehydes is 1. The van der Waals surface area contributed by atoms with Crippen molar-refractivity contribution >= 4 is 6.29 Å². The molecular formula is C25H48O. The molecule has 0 heterocycles. The van der Waals surface area contributed by atoms with E-state index in [0.717, 1.165) is 25.0 Å². The van der Waals surface area contributed by atoms with Gasteiger partial charge in [-0.1, -0.05) is 135 Å². The number of hydrogen-bond donors (Lipinski definition) is 0. The third-order valence-electron chi connectivity index (χ3n) is 6.41. The highest BCUT2D eigenvalue weighted by molar-refractivity contribution is 5.48. The normalized spacial score (nSPS) is 15.4. The molecule has 0 atom stereocenters. The molecule has 1 rings (SSSR count). The molecule has 26 heavy (non-hydrogen) atoms. The van der Waals surface area contributed by atoms with Gasteiger partial charge in [0, 0.05) is 6.42 Å². The lowest BCUT2D eigenvalue weighted by Gasteiger charge is -2.21. The van der Waals surface area contributed by atoms with Gasteiger partial charge in [0.25, 0.3) is 0 Å². The number of carbonyl (C=O) groups excluding carboxylic acids is 1. The van der Waals surface area contributed by atoms with E-state index in [9.17, 15) is 4.79 Å². The number of hydrogen-bond acceptors (Lipinski definition) is 1. The SMILES string of the molecule is O=CCCCCCCCCCCCCCCCCCCC1CCCCC1. The Morgan fingerprint density at radius 2 is 0.885 bits per heavy atom. The Labute approximate surface area is 165 Å². The summed E-state index contributed by atoms with van der Waals surface area (Å²) in [6.07, 6.45) is 33.5. The second kappa shape index (κ2) is 19.4. The van der Waals surface area contributed by atoms with Crippen molar-refractivity contribution in [1.29, 1.82) is 0 Å². The van der Waals surface area contributed by atoms with Crippen molar-refractivity contribution in [3.8, 4) is 0 Å². The molecule has 0 aromatic carbocycles. The molecule has 0 aliphatic heterocycles. The fourth-order valence-corrected chi connectivity index (χ4v) is 4.61. The minimum atomic E-state index is 0.764. The highest BCUT2D eigenvalue weighted by Crippen LogP contribution is 2.28. The Morgan fingerprint density at radius 1 is 0.500 bits per heavy atom. The molecule has 154 valence electrons. The fraction of sp³-hybridized carbons (Fsp3) is 0.960. The van der Waals surface area contributed by atoms with Crippen LogP contribution in [0.15, 0.2) is 0 Å². The molecule has 0 aromatic heterocycles. The van der Waals surface area contributed by atoms with Gasteiger partial charge in [0.2, 0.25) is 0 Å². The Kier molecular flexibility index (Phi) is 17.7. The molecular weight excluding hydrogens is 316 g/mol. The highest BCUT2D eigenvalue weighted by atomic mass is 16.1. The molecule has 1 saturated carbocycles. The maximum absolute atomic E-state index is 10.2. The molecule has 0 N–H and O–H groups in total. The average Bonchev–Trinajstić information content (AvgIpc) is 2.68. The van der Waals surface area contributed by atoms with Gasteiger partial charge in [-0.15, -0.1) is 0 Å². The molecule has 0 aromatic rings. The predicted molar refractivity (Wildman–Crippen MR) is 116 cm³/mol. The maximum Gasteiger partial charge on any atom is 0.119 e. The monoisotopic (exact) mass is 364 g/mol. The van der Waals surface area contributed by atoms with Crippen LogP contribution in [0.1, 0.15) is 148 Å². The molecule has 0 amide bonds. The maximum atomic E-state index is 10.2. The number of carbonyl (C=O) groups is 1. The summed E-state index contributed by atoms with van der Waals surface area (Å²) in [7, 11) is 0. The molecule has 0 saturated heterocycles. The van der Waals surface area contributed by atoms with Crippen LogP contribution in [0.5, 0.6) is 0 Å². The van der Waals surface area contributed by atoms with E-state index in [-0.39, 0.29) is 0 Å². The average molecular weight is 365 g/mol. The third-order valence-corrected chi connectivity index (χ3v) is 6.41. The topological polar surface area (TPSA) is 17.1 Å². The predicted octanol–water partition coefficient (Wildman–Crippen LogP) is 8.79. The fourth-order valence-electron chi connectivity index (χ4n) is 4.61. The summed E-state index contributed by atoms with van der Waals surface area (Å²) < 4.78 is 0. The summed E-state index contributed by atoms with van der Waals surface area (Å²) >= 11 is 0. The van der Waals surface area contributed by atoms with Crippen LogP contribution in [0.3, 0.4) is 0 Å².